The van der Waals surface area contributed by atoms with Crippen LogP contribution in [0, 0.1) is 0 Å². The van der Waals surface area contributed by atoms with Crippen LogP contribution in [0.4, 0.5) is 5.69 Å². The molecule has 0 fully saturated rings. The van der Waals surface area contributed by atoms with E-state index in [9.17, 15) is 0 Å². The normalized spacial score (nSPS) is 10.0. The van der Waals surface area contributed by atoms with Crippen LogP contribution < -0.4 is 10.1 Å². The summed E-state index contributed by atoms with van der Waals surface area (Å²) in [5.74, 6) is 0.617. The second-order valence-electron chi connectivity index (χ2n) is 3.54. The molecule has 0 amide bonds. The standard InChI is InChI=1S/C13H13ClN2O/c1-17-13-7-6-10(9-16-13)8-15-12-5-3-2-4-11(12)14/h2-7,9,15H,8H2,1H3. The summed E-state index contributed by atoms with van der Waals surface area (Å²) in [5.41, 5.74) is 2.00. The minimum absolute atomic E-state index is 0.617. The predicted molar refractivity (Wildman–Crippen MR) is 69.6 cm³/mol. The van der Waals surface area contributed by atoms with Gasteiger partial charge in [0.1, 0.15) is 0 Å². The first kappa shape index (κ1) is 11.7. The molecule has 0 unspecified atom stereocenters. The Labute approximate surface area is 105 Å². The molecule has 2 rings (SSSR count). The van der Waals surface area contributed by atoms with E-state index in [-0.39, 0.29) is 0 Å². The molecule has 1 aromatic carbocycles. The third kappa shape index (κ3) is 3.11. The minimum Gasteiger partial charge on any atom is -0.481 e. The summed E-state index contributed by atoms with van der Waals surface area (Å²) < 4.78 is 5.00. The number of nitrogens with zero attached hydrogens (tertiary/aromatic N) is 1. The third-order valence-electron chi connectivity index (χ3n) is 2.36. The fourth-order valence-corrected chi connectivity index (χ4v) is 1.64. The molecule has 0 bridgehead atoms. The summed E-state index contributed by atoms with van der Waals surface area (Å²) in [6.45, 7) is 0.681. The van der Waals surface area contributed by atoms with Gasteiger partial charge in [0.2, 0.25) is 5.88 Å². The third-order valence-corrected chi connectivity index (χ3v) is 2.69. The van der Waals surface area contributed by atoms with E-state index in [1.54, 1.807) is 13.3 Å². The molecular formula is C13H13ClN2O. The van der Waals surface area contributed by atoms with E-state index in [1.807, 2.05) is 36.4 Å². The molecule has 17 heavy (non-hydrogen) atoms. The molecule has 1 aromatic heterocycles. The van der Waals surface area contributed by atoms with Crippen molar-refractivity contribution < 1.29 is 4.74 Å². The topological polar surface area (TPSA) is 34.1 Å². The van der Waals surface area contributed by atoms with E-state index < -0.39 is 0 Å². The molecule has 1 heterocycles. The highest BCUT2D eigenvalue weighted by atomic mass is 35.5. The van der Waals surface area contributed by atoms with Crippen LogP contribution in [0.1, 0.15) is 5.56 Å². The van der Waals surface area contributed by atoms with Crippen LogP contribution in [0.3, 0.4) is 0 Å². The van der Waals surface area contributed by atoms with E-state index in [0.29, 0.717) is 17.4 Å². The van der Waals surface area contributed by atoms with Crippen LogP contribution in [0.5, 0.6) is 5.88 Å². The molecule has 0 radical (unpaired) electrons. The summed E-state index contributed by atoms with van der Waals surface area (Å²) in [4.78, 5) is 4.14. The van der Waals surface area contributed by atoms with Gasteiger partial charge in [-0.25, -0.2) is 4.98 Å². The molecule has 4 heteroatoms. The number of methoxy groups -OCH3 is 1. The molecule has 2 aromatic rings. The summed E-state index contributed by atoms with van der Waals surface area (Å²) >= 11 is 6.04. The van der Waals surface area contributed by atoms with Gasteiger partial charge in [-0.15, -0.1) is 0 Å². The number of rotatable bonds is 4. The lowest BCUT2D eigenvalue weighted by Gasteiger charge is -2.08. The summed E-state index contributed by atoms with van der Waals surface area (Å²) in [5, 5.41) is 3.97. The fraction of sp³-hybridized carbons (Fsp3) is 0.154. The number of halogens is 1. The molecule has 1 N–H and O–H groups in total. The van der Waals surface area contributed by atoms with E-state index in [1.165, 1.54) is 0 Å². The molecule has 0 saturated heterocycles. The first-order chi connectivity index (χ1) is 8.29. The molecule has 88 valence electrons. The van der Waals surface area contributed by atoms with Crippen molar-refractivity contribution in [2.75, 3.05) is 12.4 Å². The Morgan fingerprint density at radius 3 is 2.71 bits per heavy atom. The zero-order valence-electron chi connectivity index (χ0n) is 9.48. The number of hydrogen-bond acceptors (Lipinski definition) is 3. The summed E-state index contributed by atoms with van der Waals surface area (Å²) in [6.07, 6.45) is 1.78. The van der Waals surface area contributed by atoms with E-state index in [2.05, 4.69) is 10.3 Å². The second kappa shape index (κ2) is 5.55. The fourth-order valence-electron chi connectivity index (χ4n) is 1.44. The quantitative estimate of drug-likeness (QED) is 0.901. The van der Waals surface area contributed by atoms with E-state index in [0.717, 1.165) is 11.3 Å². The first-order valence-electron chi connectivity index (χ1n) is 5.27. The molecule has 0 aliphatic rings. The molecule has 0 spiro atoms. The van der Waals surface area contributed by atoms with Gasteiger partial charge in [-0.2, -0.15) is 0 Å². The summed E-state index contributed by atoms with van der Waals surface area (Å²) in [7, 11) is 1.60. The van der Waals surface area contributed by atoms with Gasteiger partial charge in [-0.3, -0.25) is 0 Å². The first-order valence-corrected chi connectivity index (χ1v) is 5.64. The van der Waals surface area contributed by atoms with E-state index in [4.69, 9.17) is 16.3 Å². The lowest BCUT2D eigenvalue weighted by molar-refractivity contribution is 0.397. The highest BCUT2D eigenvalue weighted by Crippen LogP contribution is 2.21. The number of para-hydroxylation sites is 1. The number of benzene rings is 1. The van der Waals surface area contributed by atoms with Gasteiger partial charge in [0, 0.05) is 18.8 Å². The van der Waals surface area contributed by atoms with Crippen LogP contribution in [0.2, 0.25) is 5.02 Å². The zero-order valence-corrected chi connectivity index (χ0v) is 10.2. The van der Waals surface area contributed by atoms with Crippen LogP contribution in [0.25, 0.3) is 0 Å². The Hall–Kier alpha value is -1.74. The van der Waals surface area contributed by atoms with Crippen LogP contribution in [-0.2, 0) is 6.54 Å². The number of pyridine rings is 1. The van der Waals surface area contributed by atoms with Gasteiger partial charge in [-0.05, 0) is 17.7 Å². The predicted octanol–water partition coefficient (Wildman–Crippen LogP) is 3.36. The molecule has 0 aliphatic heterocycles. The lowest BCUT2D eigenvalue weighted by Crippen LogP contribution is -2.00. The van der Waals surface area contributed by atoms with Crippen LogP contribution in [-0.4, -0.2) is 12.1 Å². The van der Waals surface area contributed by atoms with Gasteiger partial charge in [-0.1, -0.05) is 29.8 Å². The van der Waals surface area contributed by atoms with Crippen LogP contribution in [0.15, 0.2) is 42.6 Å². The number of nitrogens with one attached hydrogen (secondary N) is 1. The maximum absolute atomic E-state index is 6.04. The SMILES string of the molecule is COc1ccc(CNc2ccccc2Cl)cn1. The molecular weight excluding hydrogens is 236 g/mol. The average molecular weight is 249 g/mol. The van der Waals surface area contributed by atoms with Crippen molar-refractivity contribution in [1.29, 1.82) is 0 Å². The molecule has 0 saturated carbocycles. The van der Waals surface area contributed by atoms with E-state index >= 15 is 0 Å². The molecule has 3 nitrogen and oxygen atoms in total. The van der Waals surface area contributed by atoms with Gasteiger partial charge >= 0.3 is 0 Å². The largest absolute Gasteiger partial charge is 0.481 e. The Kier molecular flexibility index (Phi) is 3.83. The maximum Gasteiger partial charge on any atom is 0.212 e. The zero-order chi connectivity index (χ0) is 12.1. The Morgan fingerprint density at radius 2 is 2.06 bits per heavy atom. The van der Waals surface area contributed by atoms with Crippen molar-refractivity contribution in [3.05, 3.63) is 53.2 Å². The van der Waals surface area contributed by atoms with Gasteiger partial charge < -0.3 is 10.1 Å². The average Bonchev–Trinajstić information content (AvgIpc) is 2.38. The lowest BCUT2D eigenvalue weighted by atomic mass is 10.2. The van der Waals surface area contributed by atoms with Crippen LogP contribution >= 0.6 is 11.6 Å². The van der Waals surface area contributed by atoms with Gasteiger partial charge in [0.25, 0.3) is 0 Å². The maximum atomic E-state index is 6.04. The van der Waals surface area contributed by atoms with Gasteiger partial charge in [0.15, 0.2) is 0 Å². The van der Waals surface area contributed by atoms with Crippen molar-refractivity contribution >= 4 is 17.3 Å². The highest BCUT2D eigenvalue weighted by Gasteiger charge is 1.99. The van der Waals surface area contributed by atoms with Crippen molar-refractivity contribution in [2.24, 2.45) is 0 Å². The number of aromatic nitrogens is 1. The Bertz CT molecular complexity index is 485. The number of hydrogen-bond donors (Lipinski definition) is 1. The minimum atomic E-state index is 0.617. The van der Waals surface area contributed by atoms with Crippen molar-refractivity contribution in [3.8, 4) is 5.88 Å². The van der Waals surface area contributed by atoms with Crippen molar-refractivity contribution in [1.82, 2.24) is 4.98 Å². The summed E-state index contributed by atoms with van der Waals surface area (Å²) in [6, 6.07) is 11.5. The Morgan fingerprint density at radius 1 is 1.24 bits per heavy atom. The molecule has 0 atom stereocenters. The van der Waals surface area contributed by atoms with Crippen molar-refractivity contribution in [3.63, 3.8) is 0 Å². The smallest absolute Gasteiger partial charge is 0.212 e. The number of anilines is 1. The van der Waals surface area contributed by atoms with Crippen molar-refractivity contribution in [2.45, 2.75) is 6.54 Å². The molecule has 0 aliphatic carbocycles. The second-order valence-corrected chi connectivity index (χ2v) is 3.95. The Balaban J connectivity index is 2.00. The monoisotopic (exact) mass is 248 g/mol. The number of ether oxygens (including phenoxy) is 1. The van der Waals surface area contributed by atoms with Gasteiger partial charge in [0.05, 0.1) is 17.8 Å². The highest BCUT2D eigenvalue weighted by molar-refractivity contribution is 6.33.